The second kappa shape index (κ2) is 7.66. The molecule has 0 heterocycles. The maximum atomic E-state index is 5.48. The predicted molar refractivity (Wildman–Crippen MR) is 82.7 cm³/mol. The highest BCUT2D eigenvalue weighted by molar-refractivity contribution is 5.21. The van der Waals surface area contributed by atoms with E-state index >= 15 is 0 Å². The van der Waals surface area contributed by atoms with Crippen LogP contribution in [0.5, 0.6) is 0 Å². The first-order chi connectivity index (χ1) is 8.96. The predicted octanol–water partition coefficient (Wildman–Crippen LogP) is 3.72. The van der Waals surface area contributed by atoms with Crippen molar-refractivity contribution in [2.45, 2.75) is 58.1 Å². The Morgan fingerprint density at radius 2 is 1.79 bits per heavy atom. The van der Waals surface area contributed by atoms with E-state index in [0.717, 1.165) is 19.3 Å². The number of rotatable bonds is 8. The van der Waals surface area contributed by atoms with Gasteiger partial charge in [-0.3, -0.25) is 0 Å². The van der Waals surface area contributed by atoms with Crippen LogP contribution in [0.1, 0.15) is 44.2 Å². The molecule has 19 heavy (non-hydrogen) atoms. The molecule has 0 aliphatic heterocycles. The number of ether oxygens (including phenoxy) is 1. The molecule has 108 valence electrons. The second-order valence-corrected chi connectivity index (χ2v) is 6.01. The van der Waals surface area contributed by atoms with E-state index in [-0.39, 0.29) is 5.60 Å². The molecule has 2 nitrogen and oxygen atoms in total. The quantitative estimate of drug-likeness (QED) is 0.772. The van der Waals surface area contributed by atoms with Crippen LogP contribution in [0.25, 0.3) is 0 Å². The SMILES string of the molecule is CNC(CCc1ccc(C)cc1)CCC(C)(C)OC. The molecular formula is C17H29NO. The van der Waals surface area contributed by atoms with Crippen molar-refractivity contribution in [3.05, 3.63) is 35.4 Å². The van der Waals surface area contributed by atoms with E-state index in [9.17, 15) is 0 Å². The summed E-state index contributed by atoms with van der Waals surface area (Å²) in [4.78, 5) is 0. The van der Waals surface area contributed by atoms with Crippen molar-refractivity contribution in [3.63, 3.8) is 0 Å². The van der Waals surface area contributed by atoms with Crippen molar-refractivity contribution in [1.29, 1.82) is 0 Å². The third-order valence-electron chi connectivity index (χ3n) is 3.96. The Bertz CT molecular complexity index is 356. The summed E-state index contributed by atoms with van der Waals surface area (Å²) in [5.41, 5.74) is 2.74. The summed E-state index contributed by atoms with van der Waals surface area (Å²) in [6, 6.07) is 9.42. The van der Waals surface area contributed by atoms with Crippen molar-refractivity contribution in [2.75, 3.05) is 14.2 Å². The van der Waals surface area contributed by atoms with Gasteiger partial charge in [0.15, 0.2) is 0 Å². The summed E-state index contributed by atoms with van der Waals surface area (Å²) < 4.78 is 5.48. The van der Waals surface area contributed by atoms with Crippen LogP contribution in [0, 0.1) is 6.92 Å². The molecule has 2 heteroatoms. The number of nitrogens with one attached hydrogen (secondary N) is 1. The summed E-state index contributed by atoms with van der Waals surface area (Å²) in [6.07, 6.45) is 4.56. The molecule has 0 amide bonds. The lowest BCUT2D eigenvalue weighted by Gasteiger charge is -2.25. The Morgan fingerprint density at radius 1 is 1.16 bits per heavy atom. The zero-order valence-electron chi connectivity index (χ0n) is 13.1. The minimum atomic E-state index is -0.0149. The molecule has 0 fully saturated rings. The molecule has 0 saturated heterocycles. The first kappa shape index (κ1) is 16.2. The van der Waals surface area contributed by atoms with Crippen LogP contribution < -0.4 is 5.32 Å². The molecule has 0 aromatic heterocycles. The van der Waals surface area contributed by atoms with Crippen molar-refractivity contribution in [3.8, 4) is 0 Å². The van der Waals surface area contributed by atoms with E-state index in [0.29, 0.717) is 6.04 Å². The fraction of sp³-hybridized carbons (Fsp3) is 0.647. The van der Waals surface area contributed by atoms with E-state index in [4.69, 9.17) is 4.74 Å². The van der Waals surface area contributed by atoms with Crippen LogP contribution in [0.3, 0.4) is 0 Å². The van der Waals surface area contributed by atoms with E-state index in [1.54, 1.807) is 7.11 Å². The van der Waals surface area contributed by atoms with Crippen molar-refractivity contribution < 1.29 is 4.74 Å². The van der Waals surface area contributed by atoms with Gasteiger partial charge in [0, 0.05) is 13.2 Å². The third-order valence-corrected chi connectivity index (χ3v) is 3.96. The summed E-state index contributed by atoms with van der Waals surface area (Å²) in [6.45, 7) is 6.44. The van der Waals surface area contributed by atoms with Crippen molar-refractivity contribution in [1.82, 2.24) is 5.32 Å². The molecule has 1 rings (SSSR count). The van der Waals surface area contributed by atoms with E-state index < -0.39 is 0 Å². The monoisotopic (exact) mass is 263 g/mol. The van der Waals surface area contributed by atoms with Crippen LogP contribution in [0.15, 0.2) is 24.3 Å². The number of aryl methyl sites for hydroxylation is 2. The lowest BCUT2D eigenvalue weighted by atomic mass is 9.95. The number of hydrogen-bond donors (Lipinski definition) is 1. The smallest absolute Gasteiger partial charge is 0.0623 e. The standard InChI is InChI=1S/C17H29NO/c1-14-6-8-15(9-7-14)10-11-16(18-4)12-13-17(2,3)19-5/h6-9,16,18H,10-13H2,1-5H3. The highest BCUT2D eigenvalue weighted by atomic mass is 16.5. The van der Waals surface area contributed by atoms with Gasteiger partial charge in [-0.05, 0) is 59.1 Å². The molecule has 0 aliphatic rings. The number of hydrogen-bond acceptors (Lipinski definition) is 2. The van der Waals surface area contributed by atoms with Crippen LogP contribution in [-0.4, -0.2) is 25.8 Å². The van der Waals surface area contributed by atoms with Gasteiger partial charge >= 0.3 is 0 Å². The van der Waals surface area contributed by atoms with Gasteiger partial charge in [-0.2, -0.15) is 0 Å². The van der Waals surface area contributed by atoms with Gasteiger partial charge in [-0.25, -0.2) is 0 Å². The second-order valence-electron chi connectivity index (χ2n) is 6.01. The van der Waals surface area contributed by atoms with Crippen molar-refractivity contribution >= 4 is 0 Å². The molecule has 1 aromatic carbocycles. The molecule has 1 aromatic rings. The van der Waals surface area contributed by atoms with Crippen molar-refractivity contribution in [2.24, 2.45) is 0 Å². The topological polar surface area (TPSA) is 21.3 Å². The highest BCUT2D eigenvalue weighted by Gasteiger charge is 2.18. The lowest BCUT2D eigenvalue weighted by molar-refractivity contribution is 0.0117. The zero-order valence-corrected chi connectivity index (χ0v) is 13.1. The highest BCUT2D eigenvalue weighted by Crippen LogP contribution is 2.18. The fourth-order valence-corrected chi connectivity index (χ4v) is 2.15. The van der Waals surface area contributed by atoms with Gasteiger partial charge in [0.1, 0.15) is 0 Å². The van der Waals surface area contributed by atoms with Gasteiger partial charge < -0.3 is 10.1 Å². The Kier molecular flexibility index (Phi) is 6.53. The summed E-state index contributed by atoms with van der Waals surface area (Å²) in [5, 5.41) is 3.42. The summed E-state index contributed by atoms with van der Waals surface area (Å²) in [5.74, 6) is 0. The van der Waals surface area contributed by atoms with E-state index in [2.05, 4.69) is 57.4 Å². The molecule has 1 unspecified atom stereocenters. The Balaban J connectivity index is 2.38. The molecule has 0 radical (unpaired) electrons. The molecular weight excluding hydrogens is 234 g/mol. The number of methoxy groups -OCH3 is 1. The summed E-state index contributed by atoms with van der Waals surface area (Å²) >= 11 is 0. The summed E-state index contributed by atoms with van der Waals surface area (Å²) in [7, 11) is 3.85. The van der Waals surface area contributed by atoms with Crippen LogP contribution in [0.2, 0.25) is 0 Å². The minimum Gasteiger partial charge on any atom is -0.379 e. The molecule has 0 bridgehead atoms. The van der Waals surface area contributed by atoms with Crippen LogP contribution >= 0.6 is 0 Å². The molecule has 0 spiro atoms. The maximum absolute atomic E-state index is 5.48. The average Bonchev–Trinajstić information content (AvgIpc) is 2.41. The van der Waals surface area contributed by atoms with Gasteiger partial charge in [-0.15, -0.1) is 0 Å². The zero-order chi connectivity index (χ0) is 14.3. The Labute approximate surface area is 118 Å². The number of benzene rings is 1. The van der Waals surface area contributed by atoms with Gasteiger partial charge in [-0.1, -0.05) is 29.8 Å². The largest absolute Gasteiger partial charge is 0.379 e. The van der Waals surface area contributed by atoms with Gasteiger partial charge in [0.25, 0.3) is 0 Å². The fourth-order valence-electron chi connectivity index (χ4n) is 2.15. The lowest BCUT2D eigenvalue weighted by Crippen LogP contribution is -2.30. The van der Waals surface area contributed by atoms with Crippen LogP contribution in [0.4, 0.5) is 0 Å². The molecule has 1 atom stereocenters. The Morgan fingerprint density at radius 3 is 2.32 bits per heavy atom. The first-order valence-corrected chi connectivity index (χ1v) is 7.25. The van der Waals surface area contributed by atoms with Gasteiger partial charge in [0.05, 0.1) is 5.60 Å². The molecule has 0 aliphatic carbocycles. The first-order valence-electron chi connectivity index (χ1n) is 7.25. The normalized spacial score (nSPS) is 13.5. The van der Waals surface area contributed by atoms with Crippen LogP contribution in [-0.2, 0) is 11.2 Å². The van der Waals surface area contributed by atoms with E-state index in [1.807, 2.05) is 0 Å². The van der Waals surface area contributed by atoms with E-state index in [1.165, 1.54) is 17.5 Å². The maximum Gasteiger partial charge on any atom is 0.0623 e. The Hall–Kier alpha value is -0.860. The molecule has 0 saturated carbocycles. The third kappa shape index (κ3) is 6.22. The minimum absolute atomic E-state index is 0.0149. The average molecular weight is 263 g/mol. The molecule has 1 N–H and O–H groups in total. The van der Waals surface area contributed by atoms with Gasteiger partial charge in [0.2, 0.25) is 0 Å².